The minimum atomic E-state index is -0.220. The molecule has 2 aliphatic heterocycles. The molecule has 3 rings (SSSR count). The third-order valence-corrected chi connectivity index (χ3v) is 3.81. The van der Waals surface area contributed by atoms with Crippen LogP contribution in [0.1, 0.15) is 25.3 Å². The normalized spacial score (nSPS) is 22.8. The van der Waals surface area contributed by atoms with E-state index in [1.165, 1.54) is 4.90 Å². The van der Waals surface area contributed by atoms with E-state index < -0.39 is 0 Å². The van der Waals surface area contributed by atoms with Crippen LogP contribution in [0.15, 0.2) is 24.3 Å². The Balaban J connectivity index is 2.02. The number of anilines is 1. The summed E-state index contributed by atoms with van der Waals surface area (Å²) in [7, 11) is 0. The van der Waals surface area contributed by atoms with Crippen LogP contribution in [0.5, 0.6) is 0 Å². The quantitative estimate of drug-likeness (QED) is 0.748. The van der Waals surface area contributed by atoms with E-state index in [0.29, 0.717) is 6.54 Å². The SMILES string of the molecule is CCc1ccccc1N1C(=O)C2CCCN2C1=O. The Kier molecular flexibility index (Phi) is 2.58. The Hall–Kier alpha value is -1.84. The lowest BCUT2D eigenvalue weighted by molar-refractivity contribution is -0.119. The summed E-state index contributed by atoms with van der Waals surface area (Å²) in [5.74, 6) is -0.0570. The second-order valence-electron chi connectivity index (χ2n) is 4.79. The van der Waals surface area contributed by atoms with Gasteiger partial charge in [-0.2, -0.15) is 0 Å². The minimum absolute atomic E-state index is 0.0570. The average molecular weight is 244 g/mol. The second kappa shape index (κ2) is 4.12. The van der Waals surface area contributed by atoms with Gasteiger partial charge in [0.15, 0.2) is 0 Å². The highest BCUT2D eigenvalue weighted by atomic mass is 16.2. The number of imide groups is 1. The highest BCUT2D eigenvalue weighted by molar-refractivity contribution is 6.21. The van der Waals surface area contributed by atoms with Gasteiger partial charge in [0.05, 0.1) is 5.69 Å². The molecule has 1 aromatic rings. The fourth-order valence-corrected chi connectivity index (χ4v) is 2.87. The monoisotopic (exact) mass is 244 g/mol. The molecule has 0 saturated carbocycles. The van der Waals surface area contributed by atoms with E-state index in [4.69, 9.17) is 0 Å². The Morgan fingerprint density at radius 2 is 2.06 bits per heavy atom. The van der Waals surface area contributed by atoms with Gasteiger partial charge in [0, 0.05) is 6.54 Å². The molecule has 0 N–H and O–H groups in total. The van der Waals surface area contributed by atoms with Crippen LogP contribution in [-0.2, 0) is 11.2 Å². The molecule has 0 radical (unpaired) electrons. The molecule has 0 spiro atoms. The van der Waals surface area contributed by atoms with Crippen molar-refractivity contribution in [2.75, 3.05) is 11.4 Å². The fraction of sp³-hybridized carbons (Fsp3) is 0.429. The molecule has 18 heavy (non-hydrogen) atoms. The first kappa shape index (κ1) is 11.3. The zero-order valence-electron chi connectivity index (χ0n) is 10.4. The van der Waals surface area contributed by atoms with Gasteiger partial charge in [0.25, 0.3) is 5.91 Å². The Morgan fingerprint density at radius 1 is 1.28 bits per heavy atom. The highest BCUT2D eigenvalue weighted by Crippen LogP contribution is 2.33. The highest BCUT2D eigenvalue weighted by Gasteiger charge is 2.48. The lowest BCUT2D eigenvalue weighted by atomic mass is 10.1. The predicted molar refractivity (Wildman–Crippen MR) is 68.4 cm³/mol. The number of carbonyl (C=O) groups is 2. The first-order valence-electron chi connectivity index (χ1n) is 6.46. The van der Waals surface area contributed by atoms with Crippen LogP contribution in [0.3, 0.4) is 0 Å². The Morgan fingerprint density at radius 3 is 2.78 bits per heavy atom. The van der Waals surface area contributed by atoms with Crippen LogP contribution in [0.25, 0.3) is 0 Å². The van der Waals surface area contributed by atoms with Crippen LogP contribution >= 0.6 is 0 Å². The summed E-state index contributed by atoms with van der Waals surface area (Å²) < 4.78 is 0. The molecule has 0 bridgehead atoms. The third kappa shape index (κ3) is 1.45. The van der Waals surface area contributed by atoms with Gasteiger partial charge in [-0.15, -0.1) is 0 Å². The minimum Gasteiger partial charge on any atom is -0.312 e. The van der Waals surface area contributed by atoms with Crippen molar-refractivity contribution in [2.24, 2.45) is 0 Å². The molecule has 94 valence electrons. The van der Waals surface area contributed by atoms with E-state index in [9.17, 15) is 9.59 Å². The summed E-state index contributed by atoms with van der Waals surface area (Å²) in [4.78, 5) is 27.7. The van der Waals surface area contributed by atoms with Gasteiger partial charge >= 0.3 is 6.03 Å². The van der Waals surface area contributed by atoms with E-state index in [-0.39, 0.29) is 18.0 Å². The third-order valence-electron chi connectivity index (χ3n) is 3.81. The number of hydrogen-bond acceptors (Lipinski definition) is 2. The van der Waals surface area contributed by atoms with Crippen molar-refractivity contribution in [2.45, 2.75) is 32.2 Å². The van der Waals surface area contributed by atoms with E-state index in [2.05, 4.69) is 0 Å². The maximum Gasteiger partial charge on any atom is 0.332 e. The zero-order valence-corrected chi connectivity index (χ0v) is 10.4. The number of carbonyl (C=O) groups excluding carboxylic acids is 2. The van der Waals surface area contributed by atoms with Crippen molar-refractivity contribution >= 4 is 17.6 Å². The first-order valence-corrected chi connectivity index (χ1v) is 6.46. The second-order valence-corrected chi connectivity index (χ2v) is 4.79. The molecule has 1 aromatic carbocycles. The van der Waals surface area contributed by atoms with Gasteiger partial charge in [-0.25, -0.2) is 9.69 Å². The van der Waals surface area contributed by atoms with Crippen molar-refractivity contribution in [3.63, 3.8) is 0 Å². The number of para-hydroxylation sites is 1. The molecule has 2 aliphatic rings. The number of benzene rings is 1. The summed E-state index contributed by atoms with van der Waals surface area (Å²) in [6, 6.07) is 7.27. The Bertz CT molecular complexity index is 490. The molecule has 2 saturated heterocycles. The molecule has 4 heteroatoms. The molecule has 0 aliphatic carbocycles. The maximum absolute atomic E-state index is 12.3. The van der Waals surface area contributed by atoms with Crippen LogP contribution in [0, 0.1) is 0 Å². The number of aryl methyl sites for hydroxylation is 1. The Labute approximate surface area is 106 Å². The summed E-state index contributed by atoms with van der Waals surface area (Å²) in [5.41, 5.74) is 1.80. The summed E-state index contributed by atoms with van der Waals surface area (Å²) >= 11 is 0. The molecule has 3 amide bonds. The van der Waals surface area contributed by atoms with E-state index in [1.54, 1.807) is 4.90 Å². The van der Waals surface area contributed by atoms with Crippen molar-refractivity contribution in [1.29, 1.82) is 0 Å². The fourth-order valence-electron chi connectivity index (χ4n) is 2.87. The number of urea groups is 1. The predicted octanol–water partition coefficient (Wildman–Crippen LogP) is 2.18. The molecule has 2 fully saturated rings. The van der Waals surface area contributed by atoms with Gasteiger partial charge in [-0.05, 0) is 30.9 Å². The molecule has 1 unspecified atom stereocenters. The number of rotatable bonds is 2. The lowest BCUT2D eigenvalue weighted by Gasteiger charge is -2.18. The standard InChI is InChI=1S/C14H16N2O2/c1-2-10-6-3-4-7-11(10)16-13(17)12-8-5-9-15(12)14(16)18/h3-4,6-7,12H,2,5,8-9H2,1H3. The van der Waals surface area contributed by atoms with Gasteiger partial charge in [-0.3, -0.25) is 4.79 Å². The average Bonchev–Trinajstić information content (AvgIpc) is 2.95. The van der Waals surface area contributed by atoms with Crippen molar-refractivity contribution < 1.29 is 9.59 Å². The summed E-state index contributed by atoms with van der Waals surface area (Å²) in [6.07, 6.45) is 2.55. The van der Waals surface area contributed by atoms with E-state index >= 15 is 0 Å². The summed E-state index contributed by atoms with van der Waals surface area (Å²) in [5, 5.41) is 0. The van der Waals surface area contributed by atoms with E-state index in [1.807, 2.05) is 31.2 Å². The van der Waals surface area contributed by atoms with Gasteiger partial charge < -0.3 is 4.90 Å². The number of hydrogen-bond donors (Lipinski definition) is 0. The smallest absolute Gasteiger partial charge is 0.312 e. The van der Waals surface area contributed by atoms with E-state index in [0.717, 1.165) is 30.5 Å². The largest absolute Gasteiger partial charge is 0.332 e. The van der Waals surface area contributed by atoms with Gasteiger partial charge in [0.1, 0.15) is 6.04 Å². The molecule has 4 nitrogen and oxygen atoms in total. The van der Waals surface area contributed by atoms with Crippen LogP contribution < -0.4 is 4.90 Å². The van der Waals surface area contributed by atoms with Gasteiger partial charge in [-0.1, -0.05) is 25.1 Å². The molecule has 0 aromatic heterocycles. The first-order chi connectivity index (χ1) is 8.74. The van der Waals surface area contributed by atoms with Crippen LogP contribution in [-0.4, -0.2) is 29.4 Å². The molecular formula is C14H16N2O2. The molecule has 1 atom stereocenters. The van der Waals surface area contributed by atoms with Crippen LogP contribution in [0.4, 0.5) is 10.5 Å². The number of amides is 3. The summed E-state index contributed by atoms with van der Waals surface area (Å²) in [6.45, 7) is 2.74. The lowest BCUT2D eigenvalue weighted by Crippen LogP contribution is -2.33. The number of nitrogens with zero attached hydrogens (tertiary/aromatic N) is 2. The van der Waals surface area contributed by atoms with Crippen molar-refractivity contribution in [1.82, 2.24) is 4.90 Å². The molecule has 2 heterocycles. The number of fused-ring (bicyclic) bond motifs is 1. The zero-order chi connectivity index (χ0) is 12.7. The molecular weight excluding hydrogens is 228 g/mol. The maximum atomic E-state index is 12.3. The van der Waals surface area contributed by atoms with Gasteiger partial charge in [0.2, 0.25) is 0 Å². The topological polar surface area (TPSA) is 40.6 Å². The van der Waals surface area contributed by atoms with Crippen molar-refractivity contribution in [3.05, 3.63) is 29.8 Å². The van der Waals surface area contributed by atoms with Crippen LogP contribution in [0.2, 0.25) is 0 Å². The van der Waals surface area contributed by atoms with Crippen molar-refractivity contribution in [3.8, 4) is 0 Å².